The average molecular weight is 476 g/mol. The Labute approximate surface area is 203 Å². The first kappa shape index (κ1) is 24.3. The van der Waals surface area contributed by atoms with Crippen LogP contribution in [0.4, 0.5) is 17.1 Å². The largest absolute Gasteiger partial charge is 0.310 e. The van der Waals surface area contributed by atoms with Crippen molar-refractivity contribution in [3.63, 3.8) is 0 Å². The average Bonchev–Trinajstić information content (AvgIpc) is 3.07. The molecule has 7 heteroatoms. The molecule has 0 aliphatic carbocycles. The highest BCUT2D eigenvalue weighted by atomic mass is 31.2. The van der Waals surface area contributed by atoms with Crippen LogP contribution in [0.1, 0.15) is 22.3 Å². The van der Waals surface area contributed by atoms with Crippen molar-refractivity contribution in [2.24, 2.45) is 10.2 Å². The van der Waals surface area contributed by atoms with E-state index in [1.165, 1.54) is 16.7 Å². The van der Waals surface area contributed by atoms with Gasteiger partial charge in [-0.15, -0.1) is 0 Å². The van der Waals surface area contributed by atoms with Gasteiger partial charge in [-0.3, -0.25) is 4.57 Å². The molecule has 178 valence electrons. The lowest BCUT2D eigenvalue weighted by Crippen LogP contribution is -2.27. The summed E-state index contributed by atoms with van der Waals surface area (Å²) in [6.07, 6.45) is 0. The Hall–Kier alpha value is -2.79. The van der Waals surface area contributed by atoms with E-state index in [-0.39, 0.29) is 0 Å². The third-order valence-corrected chi connectivity index (χ3v) is 10.0. The van der Waals surface area contributed by atoms with Gasteiger partial charge in [0.25, 0.3) is 0 Å². The van der Waals surface area contributed by atoms with Crippen LogP contribution in [0.25, 0.3) is 11.1 Å². The van der Waals surface area contributed by atoms with Gasteiger partial charge in [0, 0.05) is 25.8 Å². The lowest BCUT2D eigenvalue weighted by Gasteiger charge is -2.34. The van der Waals surface area contributed by atoms with E-state index in [4.69, 9.17) is 0 Å². The van der Waals surface area contributed by atoms with Crippen LogP contribution in [0.2, 0.25) is 0 Å². The van der Waals surface area contributed by atoms with Crippen LogP contribution in [0.15, 0.2) is 64.8 Å². The maximum Gasteiger partial charge on any atom is 0.310 e. The highest BCUT2D eigenvalue weighted by Crippen LogP contribution is 2.58. The smallest absolute Gasteiger partial charge is 0.302 e. The molecule has 0 unspecified atom stereocenters. The lowest BCUT2D eigenvalue weighted by molar-refractivity contribution is 0.487. The van der Waals surface area contributed by atoms with Gasteiger partial charge in [0.1, 0.15) is 0 Å². The Morgan fingerprint density at radius 1 is 0.765 bits per heavy atom. The van der Waals surface area contributed by atoms with Crippen LogP contribution in [0, 0.1) is 27.7 Å². The summed E-state index contributed by atoms with van der Waals surface area (Å²) in [6, 6.07) is 18.7. The number of likely N-dealkylation sites (N-methyl/N-ethyl adjacent to an activating group) is 2. The predicted molar refractivity (Wildman–Crippen MR) is 143 cm³/mol. The topological polar surface area (TPSA) is 51.5 Å². The van der Waals surface area contributed by atoms with Crippen LogP contribution in [-0.4, -0.2) is 43.6 Å². The van der Waals surface area contributed by atoms with Gasteiger partial charge in [-0.1, -0.05) is 36.4 Å². The minimum Gasteiger partial charge on any atom is -0.302 e. The predicted octanol–water partition coefficient (Wildman–Crippen LogP) is 7.42. The SMILES string of the molecule is Cc1ccc(-c2c(C)cccc2C)cc1N=Nc1cc(N(C)P2(=O)N(C)CCN2C)ccc1C. The Bertz CT molecular complexity index is 1270. The Balaban J connectivity index is 1.68. The Kier molecular flexibility index (Phi) is 6.77. The second kappa shape index (κ2) is 9.46. The lowest BCUT2D eigenvalue weighted by atomic mass is 9.95. The van der Waals surface area contributed by atoms with Crippen LogP contribution >= 0.6 is 7.59 Å². The first-order valence-electron chi connectivity index (χ1n) is 11.6. The van der Waals surface area contributed by atoms with Crippen molar-refractivity contribution in [2.75, 3.05) is 38.9 Å². The maximum atomic E-state index is 13.7. The zero-order valence-corrected chi connectivity index (χ0v) is 22.1. The fourth-order valence-electron chi connectivity index (χ4n) is 4.58. The molecule has 1 aliphatic rings. The number of benzene rings is 3. The molecule has 1 saturated heterocycles. The molecule has 4 rings (SSSR count). The van der Waals surface area contributed by atoms with Crippen LogP contribution in [0.5, 0.6) is 0 Å². The highest BCUT2D eigenvalue weighted by Gasteiger charge is 2.42. The summed E-state index contributed by atoms with van der Waals surface area (Å²) >= 11 is 0. The maximum absolute atomic E-state index is 13.7. The van der Waals surface area contributed by atoms with Gasteiger partial charge in [0.2, 0.25) is 0 Å². The molecule has 3 aromatic carbocycles. The highest BCUT2D eigenvalue weighted by molar-refractivity contribution is 7.61. The van der Waals surface area contributed by atoms with E-state index in [0.717, 1.165) is 46.8 Å². The van der Waals surface area contributed by atoms with E-state index >= 15 is 0 Å². The van der Waals surface area contributed by atoms with Crippen molar-refractivity contribution in [3.8, 4) is 11.1 Å². The second-order valence-corrected chi connectivity index (χ2v) is 12.2. The molecule has 1 fully saturated rings. The summed E-state index contributed by atoms with van der Waals surface area (Å²) in [4.78, 5) is 0. The zero-order chi connectivity index (χ0) is 24.6. The van der Waals surface area contributed by atoms with E-state index in [9.17, 15) is 4.57 Å². The minimum atomic E-state index is -2.81. The van der Waals surface area contributed by atoms with Crippen LogP contribution in [-0.2, 0) is 4.57 Å². The molecule has 0 radical (unpaired) electrons. The Morgan fingerprint density at radius 3 is 1.88 bits per heavy atom. The number of hydrogen-bond donors (Lipinski definition) is 0. The monoisotopic (exact) mass is 475 g/mol. The van der Waals surface area contributed by atoms with Gasteiger partial charge in [0.05, 0.1) is 11.4 Å². The molecular formula is C27H34N5OP. The van der Waals surface area contributed by atoms with E-state index in [0.29, 0.717) is 0 Å². The fourth-order valence-corrected chi connectivity index (χ4v) is 7.14. The number of azo groups is 1. The summed E-state index contributed by atoms with van der Waals surface area (Å²) in [5.74, 6) is 0. The quantitative estimate of drug-likeness (QED) is 0.284. The molecule has 3 aromatic rings. The molecule has 0 spiro atoms. The van der Waals surface area contributed by atoms with Crippen LogP contribution < -0.4 is 4.67 Å². The molecular weight excluding hydrogens is 441 g/mol. The van der Waals surface area contributed by atoms with Crippen molar-refractivity contribution in [3.05, 3.63) is 76.9 Å². The van der Waals surface area contributed by atoms with Gasteiger partial charge < -0.3 is 4.67 Å². The number of hydrogen-bond acceptors (Lipinski definition) is 3. The van der Waals surface area contributed by atoms with Gasteiger partial charge in [-0.05, 0) is 93.4 Å². The van der Waals surface area contributed by atoms with Gasteiger partial charge in [-0.25, -0.2) is 9.34 Å². The van der Waals surface area contributed by atoms with Crippen LogP contribution in [0.3, 0.4) is 0 Å². The van der Waals surface area contributed by atoms with Gasteiger partial charge in [-0.2, -0.15) is 10.2 Å². The summed E-state index contributed by atoms with van der Waals surface area (Å²) in [7, 11) is 2.92. The molecule has 0 aromatic heterocycles. The molecule has 0 atom stereocenters. The number of aryl methyl sites for hydroxylation is 4. The van der Waals surface area contributed by atoms with Crippen molar-refractivity contribution in [1.29, 1.82) is 0 Å². The molecule has 1 aliphatic heterocycles. The Morgan fingerprint density at radius 2 is 1.29 bits per heavy atom. The number of rotatable bonds is 5. The summed E-state index contributed by atoms with van der Waals surface area (Å²) in [6.45, 7) is 9.92. The molecule has 34 heavy (non-hydrogen) atoms. The minimum absolute atomic E-state index is 0.775. The number of anilines is 1. The second-order valence-electron chi connectivity index (χ2n) is 9.24. The molecule has 0 saturated carbocycles. The third kappa shape index (κ3) is 4.34. The summed E-state index contributed by atoms with van der Waals surface area (Å²) in [5.41, 5.74) is 9.46. The van der Waals surface area contributed by atoms with Gasteiger partial charge in [0.15, 0.2) is 0 Å². The first-order chi connectivity index (χ1) is 16.1. The van der Waals surface area contributed by atoms with Crippen molar-refractivity contribution in [2.45, 2.75) is 27.7 Å². The standard InChI is InChI=1S/C27H34N5OP/c1-19-11-13-23(27-21(3)9-8-10-22(27)4)17-25(19)28-29-26-18-24(14-12-20(26)2)32(7)34(33)30(5)15-16-31(34)6/h8-14,17-18H,15-16H2,1-7H3. The zero-order valence-electron chi connectivity index (χ0n) is 21.2. The van der Waals surface area contributed by atoms with E-state index in [1.807, 2.05) is 60.3 Å². The van der Waals surface area contributed by atoms with E-state index in [2.05, 4.69) is 67.4 Å². The third-order valence-electron chi connectivity index (χ3n) is 6.84. The van der Waals surface area contributed by atoms with E-state index < -0.39 is 7.59 Å². The first-order valence-corrected chi connectivity index (χ1v) is 13.2. The van der Waals surface area contributed by atoms with E-state index in [1.54, 1.807) is 0 Å². The molecule has 0 amide bonds. The normalized spacial score (nSPS) is 16.4. The number of nitrogens with zero attached hydrogens (tertiary/aromatic N) is 5. The fraction of sp³-hybridized carbons (Fsp3) is 0.333. The molecule has 0 bridgehead atoms. The van der Waals surface area contributed by atoms with Crippen molar-refractivity contribution >= 4 is 24.7 Å². The van der Waals surface area contributed by atoms with Gasteiger partial charge >= 0.3 is 7.59 Å². The molecule has 0 N–H and O–H groups in total. The van der Waals surface area contributed by atoms with Crippen molar-refractivity contribution < 1.29 is 4.57 Å². The summed E-state index contributed by atoms with van der Waals surface area (Å²) in [5, 5.41) is 9.27. The molecule has 6 nitrogen and oxygen atoms in total. The summed E-state index contributed by atoms with van der Waals surface area (Å²) < 4.78 is 19.5. The van der Waals surface area contributed by atoms with Crippen molar-refractivity contribution in [1.82, 2.24) is 9.34 Å². The molecule has 1 heterocycles.